The summed E-state index contributed by atoms with van der Waals surface area (Å²) in [4.78, 5) is 12.2. The number of rotatable bonds is 3. The highest BCUT2D eigenvalue weighted by Crippen LogP contribution is 2.29. The number of aryl methyl sites for hydroxylation is 1. The summed E-state index contributed by atoms with van der Waals surface area (Å²) in [7, 11) is 3.12. The lowest BCUT2D eigenvalue weighted by molar-refractivity contribution is 0.0902. The smallest absolute Gasteiger partial charge is 0.268 e. The Kier molecular flexibility index (Phi) is 4.68. The molecule has 0 bridgehead atoms. The van der Waals surface area contributed by atoms with Crippen molar-refractivity contribution in [3.63, 3.8) is 0 Å². The van der Waals surface area contributed by atoms with Gasteiger partial charge in [0, 0.05) is 30.0 Å². The molecule has 1 aliphatic carbocycles. The molecule has 1 saturated carbocycles. The topological polar surface area (TPSA) is 68.2 Å². The predicted octanol–water partition coefficient (Wildman–Crippen LogP) is 2.51. The van der Waals surface area contributed by atoms with Crippen LogP contribution in [0.3, 0.4) is 0 Å². The number of nitrogens with one attached hydrogen (secondary N) is 1. The van der Waals surface area contributed by atoms with Crippen molar-refractivity contribution in [3.8, 4) is 0 Å². The van der Waals surface area contributed by atoms with E-state index < -0.39 is 9.05 Å². The Hall–Kier alpha value is -1.01. The summed E-state index contributed by atoms with van der Waals surface area (Å²) in [5.41, 5.74) is 0.306. The second-order valence-corrected chi connectivity index (χ2v) is 8.61. The Balaban J connectivity index is 2.09. The predicted molar refractivity (Wildman–Crippen MR) is 81.9 cm³/mol. The Morgan fingerprint density at radius 3 is 2.52 bits per heavy atom. The highest BCUT2D eigenvalue weighted by Gasteiger charge is 2.27. The summed E-state index contributed by atoms with van der Waals surface area (Å²) >= 11 is 0. The maximum Gasteiger partial charge on any atom is 0.268 e. The fourth-order valence-corrected chi connectivity index (χ4v) is 3.62. The highest BCUT2D eigenvalue weighted by molar-refractivity contribution is 8.13. The second kappa shape index (κ2) is 6.01. The number of hydrogen-bond donors (Lipinski definition) is 1. The largest absolute Gasteiger partial charge is 0.348 e. The first-order chi connectivity index (χ1) is 9.68. The molecule has 3 atom stereocenters. The van der Waals surface area contributed by atoms with Gasteiger partial charge in [-0.15, -0.1) is 0 Å². The van der Waals surface area contributed by atoms with Crippen LogP contribution < -0.4 is 5.32 Å². The van der Waals surface area contributed by atoms with Gasteiger partial charge in [-0.2, -0.15) is 0 Å². The molecule has 1 amide bonds. The van der Waals surface area contributed by atoms with Gasteiger partial charge in [0.05, 0.1) is 0 Å². The summed E-state index contributed by atoms with van der Waals surface area (Å²) in [6, 6.07) is 1.46. The van der Waals surface area contributed by atoms with Gasteiger partial charge >= 0.3 is 0 Å². The lowest BCUT2D eigenvalue weighted by atomic mass is 9.79. The molecule has 2 rings (SSSR count). The Morgan fingerprint density at radius 2 is 2.00 bits per heavy atom. The van der Waals surface area contributed by atoms with Crippen LogP contribution in [0.1, 0.15) is 43.6 Å². The van der Waals surface area contributed by atoms with E-state index in [-0.39, 0.29) is 16.8 Å². The Morgan fingerprint density at radius 1 is 1.33 bits per heavy atom. The van der Waals surface area contributed by atoms with Crippen LogP contribution in [0.5, 0.6) is 0 Å². The van der Waals surface area contributed by atoms with Crippen LogP contribution in [0.2, 0.25) is 0 Å². The van der Waals surface area contributed by atoms with Gasteiger partial charge in [0.15, 0.2) is 0 Å². The minimum atomic E-state index is -3.82. The second-order valence-electron chi connectivity index (χ2n) is 6.05. The Labute approximate surface area is 130 Å². The average Bonchev–Trinajstić information content (AvgIpc) is 2.76. The summed E-state index contributed by atoms with van der Waals surface area (Å²) in [6.07, 6.45) is 4.36. The van der Waals surface area contributed by atoms with E-state index in [1.807, 2.05) is 0 Å². The molecule has 5 nitrogen and oxygen atoms in total. The molecule has 21 heavy (non-hydrogen) atoms. The number of carbonyl (C=O) groups excluding carboxylic acids is 1. The van der Waals surface area contributed by atoms with Gasteiger partial charge in [0.2, 0.25) is 0 Å². The van der Waals surface area contributed by atoms with E-state index in [4.69, 9.17) is 10.7 Å². The maximum atomic E-state index is 12.3. The SMILES string of the molecule is CC1CCC(NC(=O)c2cc(S(=O)(=O)Cl)cn2C)CC1C. The number of amides is 1. The molecule has 118 valence electrons. The maximum absolute atomic E-state index is 12.3. The van der Waals surface area contributed by atoms with Gasteiger partial charge < -0.3 is 9.88 Å². The molecule has 0 aliphatic heterocycles. The zero-order valence-corrected chi connectivity index (χ0v) is 14.0. The monoisotopic (exact) mass is 332 g/mol. The molecule has 1 heterocycles. The van der Waals surface area contributed by atoms with E-state index in [1.165, 1.54) is 16.8 Å². The van der Waals surface area contributed by atoms with Crippen molar-refractivity contribution in [2.24, 2.45) is 18.9 Å². The van der Waals surface area contributed by atoms with Crippen molar-refractivity contribution in [1.82, 2.24) is 9.88 Å². The highest BCUT2D eigenvalue weighted by atomic mass is 35.7. The van der Waals surface area contributed by atoms with Crippen molar-refractivity contribution < 1.29 is 13.2 Å². The normalized spacial score (nSPS) is 26.6. The molecule has 1 aromatic rings. The quantitative estimate of drug-likeness (QED) is 0.865. The molecule has 1 aliphatic rings. The Bertz CT molecular complexity index is 639. The van der Waals surface area contributed by atoms with Crippen LogP contribution in [0.4, 0.5) is 0 Å². The van der Waals surface area contributed by atoms with Crippen molar-refractivity contribution >= 4 is 25.6 Å². The third-order valence-corrected chi connectivity index (χ3v) is 5.75. The van der Waals surface area contributed by atoms with Gasteiger partial charge in [-0.1, -0.05) is 13.8 Å². The molecule has 0 spiro atoms. The van der Waals surface area contributed by atoms with E-state index in [9.17, 15) is 13.2 Å². The molecule has 0 aromatic carbocycles. The van der Waals surface area contributed by atoms with E-state index >= 15 is 0 Å². The van der Waals surface area contributed by atoms with Crippen LogP contribution >= 0.6 is 10.7 Å². The first-order valence-corrected chi connectivity index (χ1v) is 9.41. The van der Waals surface area contributed by atoms with Crippen molar-refractivity contribution in [3.05, 3.63) is 18.0 Å². The number of carbonyl (C=O) groups is 1. The zero-order chi connectivity index (χ0) is 15.8. The number of hydrogen-bond acceptors (Lipinski definition) is 3. The molecule has 7 heteroatoms. The number of aromatic nitrogens is 1. The fraction of sp³-hybridized carbons (Fsp3) is 0.643. The summed E-state index contributed by atoms with van der Waals surface area (Å²) in [6.45, 7) is 4.43. The average molecular weight is 333 g/mol. The van der Waals surface area contributed by atoms with Crippen molar-refractivity contribution in [1.29, 1.82) is 0 Å². The van der Waals surface area contributed by atoms with Crippen molar-refractivity contribution in [2.75, 3.05) is 0 Å². The molecule has 3 unspecified atom stereocenters. The van der Waals surface area contributed by atoms with Crippen molar-refractivity contribution in [2.45, 2.75) is 44.0 Å². The van der Waals surface area contributed by atoms with Crippen LogP contribution in [-0.4, -0.2) is 24.9 Å². The van der Waals surface area contributed by atoms with Gasteiger partial charge in [0.25, 0.3) is 15.0 Å². The third-order valence-electron chi connectivity index (χ3n) is 4.43. The van der Waals surface area contributed by atoms with Gasteiger partial charge in [-0.3, -0.25) is 4.79 Å². The van der Waals surface area contributed by atoms with Crippen LogP contribution in [-0.2, 0) is 16.1 Å². The fourth-order valence-electron chi connectivity index (χ4n) is 2.83. The molecule has 1 aromatic heterocycles. The molecular weight excluding hydrogens is 312 g/mol. The molecule has 1 N–H and O–H groups in total. The van der Waals surface area contributed by atoms with Crippen LogP contribution in [0, 0.1) is 11.8 Å². The van der Waals surface area contributed by atoms with E-state index in [1.54, 1.807) is 7.05 Å². The lowest BCUT2D eigenvalue weighted by Crippen LogP contribution is -2.40. The summed E-state index contributed by atoms with van der Waals surface area (Å²) in [5.74, 6) is 1.01. The molecule has 0 radical (unpaired) electrons. The number of nitrogens with zero attached hydrogens (tertiary/aromatic N) is 1. The first-order valence-electron chi connectivity index (χ1n) is 7.10. The molecular formula is C14H21ClN2O3S. The summed E-state index contributed by atoms with van der Waals surface area (Å²) < 4.78 is 24.1. The third kappa shape index (κ3) is 3.80. The van der Waals surface area contributed by atoms with Gasteiger partial charge in [-0.25, -0.2) is 8.42 Å². The minimum absolute atomic E-state index is 0.0533. The van der Waals surface area contributed by atoms with Gasteiger partial charge in [-0.05, 0) is 37.2 Å². The summed E-state index contributed by atoms with van der Waals surface area (Å²) in [5, 5.41) is 2.99. The first kappa shape index (κ1) is 16.4. The van der Waals surface area contributed by atoms with Gasteiger partial charge in [0.1, 0.15) is 10.6 Å². The number of halogens is 1. The minimum Gasteiger partial charge on any atom is -0.348 e. The van der Waals surface area contributed by atoms with E-state index in [0.29, 0.717) is 17.5 Å². The molecule has 0 saturated heterocycles. The lowest BCUT2D eigenvalue weighted by Gasteiger charge is -2.32. The van der Waals surface area contributed by atoms with E-state index in [0.717, 1.165) is 19.3 Å². The standard InChI is InChI=1S/C14H21ClN2O3S/c1-9-4-5-11(6-10(9)2)16-14(18)13-7-12(8-17(13)3)21(15,19)20/h7-11H,4-6H2,1-3H3,(H,16,18). The van der Waals surface area contributed by atoms with E-state index in [2.05, 4.69) is 19.2 Å². The zero-order valence-electron chi connectivity index (χ0n) is 12.5. The van der Waals surface area contributed by atoms with Crippen LogP contribution in [0.15, 0.2) is 17.2 Å². The molecule has 1 fully saturated rings. The van der Waals surface area contributed by atoms with Crippen LogP contribution in [0.25, 0.3) is 0 Å².